The molecule has 2 aromatic rings. The average molecular weight is 413 g/mol. The molecule has 0 aliphatic carbocycles. The van der Waals surface area contributed by atoms with E-state index in [1.807, 2.05) is 89.2 Å². The number of benzene rings is 2. The predicted molar refractivity (Wildman–Crippen MR) is 121 cm³/mol. The fraction of sp³-hybridized carbons (Fsp3) is 0.417. The van der Waals surface area contributed by atoms with Crippen molar-refractivity contribution in [3.8, 4) is 0 Å². The van der Waals surface area contributed by atoms with Crippen LogP contribution in [0.4, 0.5) is 0 Å². The van der Waals surface area contributed by atoms with Gasteiger partial charge in [0.15, 0.2) is 0 Å². The fourth-order valence-electron chi connectivity index (χ4n) is 3.02. The maximum Gasteiger partial charge on any atom is 0.243 e. The SMILES string of the molecule is CC[C@@H](C(=O)NC(C)(C)C)N(Cc1ccccc1)C(=O)CSc1ccc(C)cc1. The number of amides is 2. The number of hydrogen-bond acceptors (Lipinski definition) is 3. The molecule has 0 heterocycles. The number of carbonyl (C=O) groups excluding carboxylic acids is 2. The molecule has 0 fully saturated rings. The van der Waals surface area contributed by atoms with Crippen molar-refractivity contribution >= 4 is 23.6 Å². The highest BCUT2D eigenvalue weighted by Gasteiger charge is 2.30. The van der Waals surface area contributed by atoms with E-state index in [4.69, 9.17) is 0 Å². The molecule has 2 aromatic carbocycles. The number of carbonyl (C=O) groups is 2. The highest BCUT2D eigenvalue weighted by atomic mass is 32.2. The van der Waals surface area contributed by atoms with Gasteiger partial charge in [-0.25, -0.2) is 0 Å². The number of nitrogens with zero attached hydrogens (tertiary/aromatic N) is 1. The third-order valence-corrected chi connectivity index (χ3v) is 5.46. The monoisotopic (exact) mass is 412 g/mol. The minimum absolute atomic E-state index is 0.0321. The van der Waals surface area contributed by atoms with Crippen LogP contribution < -0.4 is 5.32 Å². The number of thioether (sulfide) groups is 1. The highest BCUT2D eigenvalue weighted by molar-refractivity contribution is 8.00. The summed E-state index contributed by atoms with van der Waals surface area (Å²) in [5.41, 5.74) is 1.86. The molecular formula is C24H32N2O2S. The van der Waals surface area contributed by atoms with Gasteiger partial charge in [0.25, 0.3) is 0 Å². The molecule has 4 nitrogen and oxygen atoms in total. The van der Waals surface area contributed by atoms with Gasteiger partial charge in [-0.05, 0) is 51.8 Å². The van der Waals surface area contributed by atoms with E-state index < -0.39 is 6.04 Å². The van der Waals surface area contributed by atoms with E-state index in [1.54, 1.807) is 4.90 Å². The molecular weight excluding hydrogens is 380 g/mol. The summed E-state index contributed by atoms with van der Waals surface area (Å²) in [6, 6.07) is 17.5. The lowest BCUT2D eigenvalue weighted by Gasteiger charge is -2.33. The van der Waals surface area contributed by atoms with E-state index in [1.165, 1.54) is 17.3 Å². The summed E-state index contributed by atoms with van der Waals surface area (Å²) in [6.07, 6.45) is 0.565. The molecule has 0 unspecified atom stereocenters. The first-order chi connectivity index (χ1) is 13.7. The summed E-state index contributed by atoms with van der Waals surface area (Å²) in [6.45, 7) is 10.3. The molecule has 1 N–H and O–H groups in total. The van der Waals surface area contributed by atoms with Gasteiger partial charge in [0, 0.05) is 17.0 Å². The van der Waals surface area contributed by atoms with Gasteiger partial charge >= 0.3 is 0 Å². The Labute approximate surface area is 179 Å². The van der Waals surface area contributed by atoms with E-state index >= 15 is 0 Å². The van der Waals surface area contributed by atoms with E-state index in [0.717, 1.165) is 10.5 Å². The van der Waals surface area contributed by atoms with Gasteiger partial charge in [-0.2, -0.15) is 0 Å². The van der Waals surface area contributed by atoms with Crippen molar-refractivity contribution in [3.63, 3.8) is 0 Å². The number of rotatable bonds is 8. The molecule has 156 valence electrons. The molecule has 0 spiro atoms. The third-order valence-electron chi connectivity index (χ3n) is 4.46. The van der Waals surface area contributed by atoms with Crippen molar-refractivity contribution in [2.24, 2.45) is 0 Å². The van der Waals surface area contributed by atoms with Crippen molar-refractivity contribution in [2.75, 3.05) is 5.75 Å². The van der Waals surface area contributed by atoms with Crippen LogP contribution >= 0.6 is 11.8 Å². The lowest BCUT2D eigenvalue weighted by atomic mass is 10.1. The Morgan fingerprint density at radius 3 is 2.21 bits per heavy atom. The van der Waals surface area contributed by atoms with Gasteiger partial charge in [0.05, 0.1) is 5.75 Å². The van der Waals surface area contributed by atoms with E-state index in [-0.39, 0.29) is 17.4 Å². The Bertz CT molecular complexity index is 798. The largest absolute Gasteiger partial charge is 0.350 e. The minimum Gasteiger partial charge on any atom is -0.350 e. The van der Waals surface area contributed by atoms with Crippen molar-refractivity contribution in [1.82, 2.24) is 10.2 Å². The van der Waals surface area contributed by atoms with Gasteiger partial charge < -0.3 is 10.2 Å². The first kappa shape index (κ1) is 23.0. The molecule has 0 aromatic heterocycles. The fourth-order valence-corrected chi connectivity index (χ4v) is 3.80. The smallest absolute Gasteiger partial charge is 0.243 e. The third kappa shape index (κ3) is 7.58. The first-order valence-electron chi connectivity index (χ1n) is 10.0. The van der Waals surface area contributed by atoms with Crippen LogP contribution in [0.25, 0.3) is 0 Å². The second-order valence-corrected chi connectivity index (χ2v) is 9.32. The zero-order valence-electron chi connectivity index (χ0n) is 18.1. The van der Waals surface area contributed by atoms with Gasteiger partial charge in [0.2, 0.25) is 11.8 Å². The maximum atomic E-state index is 13.2. The lowest BCUT2D eigenvalue weighted by Crippen LogP contribution is -2.53. The first-order valence-corrected chi connectivity index (χ1v) is 11.0. The Morgan fingerprint density at radius 2 is 1.66 bits per heavy atom. The molecule has 2 amide bonds. The molecule has 0 saturated heterocycles. The van der Waals surface area contributed by atoms with Crippen LogP contribution in [0.3, 0.4) is 0 Å². The summed E-state index contributed by atoms with van der Waals surface area (Å²) in [5.74, 6) is 0.162. The van der Waals surface area contributed by atoms with Crippen molar-refractivity contribution < 1.29 is 9.59 Å². The molecule has 1 atom stereocenters. The van der Waals surface area contributed by atoms with Crippen molar-refractivity contribution in [3.05, 3.63) is 65.7 Å². The van der Waals surface area contributed by atoms with Gasteiger partial charge in [0.1, 0.15) is 6.04 Å². The average Bonchev–Trinajstić information content (AvgIpc) is 2.66. The Morgan fingerprint density at radius 1 is 1.03 bits per heavy atom. The van der Waals surface area contributed by atoms with E-state index in [9.17, 15) is 9.59 Å². The topological polar surface area (TPSA) is 49.4 Å². The normalized spacial score (nSPS) is 12.3. The molecule has 2 rings (SSSR count). The number of aryl methyl sites for hydroxylation is 1. The maximum absolute atomic E-state index is 13.2. The van der Waals surface area contributed by atoms with Gasteiger partial charge in [-0.15, -0.1) is 11.8 Å². The Kier molecular flexibility index (Phi) is 8.32. The molecule has 0 bridgehead atoms. The van der Waals surface area contributed by atoms with Gasteiger partial charge in [-0.3, -0.25) is 9.59 Å². The van der Waals surface area contributed by atoms with Crippen LogP contribution in [0.1, 0.15) is 45.2 Å². The van der Waals surface area contributed by atoms with Crippen molar-refractivity contribution in [2.45, 2.75) is 64.1 Å². The van der Waals surface area contributed by atoms with E-state index in [0.29, 0.717) is 18.7 Å². The van der Waals surface area contributed by atoms with Crippen LogP contribution in [0, 0.1) is 6.92 Å². The van der Waals surface area contributed by atoms with Crippen LogP contribution in [0.15, 0.2) is 59.5 Å². The molecule has 0 saturated carbocycles. The van der Waals surface area contributed by atoms with Crippen LogP contribution in [0.2, 0.25) is 0 Å². The van der Waals surface area contributed by atoms with E-state index in [2.05, 4.69) is 5.32 Å². The summed E-state index contributed by atoms with van der Waals surface area (Å²) in [5, 5.41) is 3.03. The summed E-state index contributed by atoms with van der Waals surface area (Å²) in [7, 11) is 0. The molecule has 0 aliphatic heterocycles. The molecule has 5 heteroatoms. The summed E-state index contributed by atoms with van der Waals surface area (Å²) in [4.78, 5) is 28.9. The zero-order valence-corrected chi connectivity index (χ0v) is 18.9. The van der Waals surface area contributed by atoms with Crippen molar-refractivity contribution in [1.29, 1.82) is 0 Å². The van der Waals surface area contributed by atoms with Gasteiger partial charge in [-0.1, -0.05) is 55.0 Å². The Balaban J connectivity index is 2.19. The highest BCUT2D eigenvalue weighted by Crippen LogP contribution is 2.21. The zero-order chi connectivity index (χ0) is 21.4. The van der Waals surface area contributed by atoms with Crippen LogP contribution in [0.5, 0.6) is 0 Å². The molecule has 0 aliphatic rings. The Hall–Kier alpha value is -2.27. The molecule has 29 heavy (non-hydrogen) atoms. The van der Waals surface area contributed by atoms with Crippen LogP contribution in [-0.2, 0) is 16.1 Å². The lowest BCUT2D eigenvalue weighted by molar-refractivity contribution is -0.140. The molecule has 0 radical (unpaired) electrons. The second kappa shape index (κ2) is 10.5. The van der Waals surface area contributed by atoms with Crippen LogP contribution in [-0.4, -0.2) is 34.0 Å². The second-order valence-electron chi connectivity index (χ2n) is 8.27. The quantitative estimate of drug-likeness (QED) is 0.633. The predicted octanol–water partition coefficient (Wildman–Crippen LogP) is 4.81. The number of hydrogen-bond donors (Lipinski definition) is 1. The standard InChI is InChI=1S/C24H32N2O2S/c1-6-21(23(28)25-24(3,4)5)26(16-19-10-8-7-9-11-19)22(27)17-29-20-14-12-18(2)13-15-20/h7-15,21H,6,16-17H2,1-5H3,(H,25,28)/t21-/m0/s1. The summed E-state index contributed by atoms with van der Waals surface area (Å²) < 4.78 is 0. The number of nitrogens with one attached hydrogen (secondary N) is 1. The minimum atomic E-state index is -0.499. The summed E-state index contributed by atoms with van der Waals surface area (Å²) >= 11 is 1.51.